The summed E-state index contributed by atoms with van der Waals surface area (Å²) in [6, 6.07) is 9.79. The van der Waals surface area contributed by atoms with Crippen LogP contribution in [0.1, 0.15) is 24.3 Å². The highest BCUT2D eigenvalue weighted by Gasteiger charge is 2.20. The summed E-state index contributed by atoms with van der Waals surface area (Å²) in [5.74, 6) is 0.526. The predicted octanol–water partition coefficient (Wildman–Crippen LogP) is 2.97. The van der Waals surface area contributed by atoms with E-state index >= 15 is 0 Å². The second-order valence-corrected chi connectivity index (χ2v) is 6.71. The van der Waals surface area contributed by atoms with E-state index in [0.717, 1.165) is 15.0 Å². The Kier molecular flexibility index (Phi) is 4.99. The average molecular weight is 296 g/mol. The van der Waals surface area contributed by atoms with Crippen molar-refractivity contribution in [2.24, 2.45) is 0 Å². The maximum absolute atomic E-state index is 10.8. The Bertz CT molecular complexity index is 532. The first kappa shape index (κ1) is 14.5. The summed E-state index contributed by atoms with van der Waals surface area (Å²) in [7, 11) is 0. The minimum Gasteiger partial charge on any atom is -0.390 e. The molecule has 0 radical (unpaired) electrons. The second kappa shape index (κ2) is 6.52. The molecule has 19 heavy (non-hydrogen) atoms. The Morgan fingerprint density at radius 3 is 2.79 bits per heavy atom. The molecule has 2 aromatic rings. The number of carbonyl (C=O) groups excluding carboxylic acids is 1. The fourth-order valence-electron chi connectivity index (χ4n) is 1.82. The van der Waals surface area contributed by atoms with Gasteiger partial charge in [-0.3, -0.25) is 4.79 Å². The second-order valence-electron chi connectivity index (χ2n) is 4.33. The van der Waals surface area contributed by atoms with E-state index in [0.29, 0.717) is 12.2 Å². The standard InChI is InChI=1S/C14H16O3S2/c1-9(15)18-7-6-11(16)14(17)13-8-10-4-2-3-5-12(10)19-13/h2-5,8,11,14,16-17H,6-7H2,1H3. The molecule has 0 saturated heterocycles. The first-order chi connectivity index (χ1) is 9.08. The highest BCUT2D eigenvalue weighted by molar-refractivity contribution is 8.13. The van der Waals surface area contributed by atoms with Crippen molar-refractivity contribution < 1.29 is 15.0 Å². The molecule has 2 N–H and O–H groups in total. The fraction of sp³-hybridized carbons (Fsp3) is 0.357. The van der Waals surface area contributed by atoms with Gasteiger partial charge in [0.05, 0.1) is 6.10 Å². The van der Waals surface area contributed by atoms with Crippen molar-refractivity contribution in [1.82, 2.24) is 0 Å². The lowest BCUT2D eigenvalue weighted by atomic mass is 10.1. The van der Waals surface area contributed by atoms with Crippen molar-refractivity contribution in [3.05, 3.63) is 35.2 Å². The van der Waals surface area contributed by atoms with E-state index in [2.05, 4.69) is 0 Å². The van der Waals surface area contributed by atoms with Gasteiger partial charge in [-0.25, -0.2) is 0 Å². The van der Waals surface area contributed by atoms with E-state index < -0.39 is 12.2 Å². The summed E-state index contributed by atoms with van der Waals surface area (Å²) in [5, 5.41) is 21.2. The zero-order valence-electron chi connectivity index (χ0n) is 10.6. The minimum absolute atomic E-state index is 0.0311. The molecule has 2 rings (SSSR count). The molecule has 0 aliphatic carbocycles. The van der Waals surface area contributed by atoms with Crippen LogP contribution in [0.4, 0.5) is 0 Å². The van der Waals surface area contributed by atoms with Crippen molar-refractivity contribution in [1.29, 1.82) is 0 Å². The predicted molar refractivity (Wildman–Crippen MR) is 80.5 cm³/mol. The molecular weight excluding hydrogens is 280 g/mol. The third-order valence-corrected chi connectivity index (χ3v) is 4.85. The van der Waals surface area contributed by atoms with Crippen LogP contribution in [0.15, 0.2) is 30.3 Å². The van der Waals surface area contributed by atoms with Crippen LogP contribution >= 0.6 is 23.1 Å². The van der Waals surface area contributed by atoms with E-state index in [1.807, 2.05) is 30.3 Å². The number of aliphatic hydroxyl groups is 2. The molecule has 0 amide bonds. The number of rotatable bonds is 5. The Balaban J connectivity index is 2.01. The van der Waals surface area contributed by atoms with Gasteiger partial charge in [-0.2, -0.15) is 0 Å². The number of aliphatic hydroxyl groups excluding tert-OH is 2. The number of hydrogen-bond donors (Lipinski definition) is 2. The van der Waals surface area contributed by atoms with Gasteiger partial charge in [-0.05, 0) is 23.9 Å². The summed E-state index contributed by atoms with van der Waals surface area (Å²) in [6.07, 6.45) is -1.32. The molecule has 0 saturated carbocycles. The zero-order chi connectivity index (χ0) is 13.8. The third kappa shape index (κ3) is 3.79. The van der Waals surface area contributed by atoms with Crippen molar-refractivity contribution in [3.8, 4) is 0 Å². The number of thiophene rings is 1. The van der Waals surface area contributed by atoms with Gasteiger partial charge >= 0.3 is 0 Å². The van der Waals surface area contributed by atoms with Crippen LogP contribution in [0.5, 0.6) is 0 Å². The molecule has 5 heteroatoms. The lowest BCUT2D eigenvalue weighted by molar-refractivity contribution is -0.109. The summed E-state index contributed by atoms with van der Waals surface area (Å²) < 4.78 is 1.10. The molecule has 2 atom stereocenters. The van der Waals surface area contributed by atoms with Crippen molar-refractivity contribution in [2.75, 3.05) is 5.75 Å². The van der Waals surface area contributed by atoms with Gasteiger partial charge in [0, 0.05) is 22.3 Å². The van der Waals surface area contributed by atoms with Crippen molar-refractivity contribution in [2.45, 2.75) is 25.6 Å². The largest absolute Gasteiger partial charge is 0.390 e. The molecule has 102 valence electrons. The molecule has 0 aliphatic rings. The summed E-state index contributed by atoms with van der Waals surface area (Å²) in [4.78, 5) is 11.6. The van der Waals surface area contributed by atoms with Gasteiger partial charge in [0.2, 0.25) is 0 Å². The molecular formula is C14H16O3S2. The summed E-state index contributed by atoms with van der Waals surface area (Å²) >= 11 is 2.66. The summed E-state index contributed by atoms with van der Waals surface area (Å²) in [6.45, 7) is 1.50. The molecule has 1 aromatic carbocycles. The van der Waals surface area contributed by atoms with Crippen molar-refractivity contribution in [3.63, 3.8) is 0 Å². The van der Waals surface area contributed by atoms with E-state index in [1.54, 1.807) is 0 Å². The van der Waals surface area contributed by atoms with Gasteiger partial charge < -0.3 is 10.2 Å². The van der Waals surface area contributed by atoms with Crippen LogP contribution in [0.3, 0.4) is 0 Å². The topological polar surface area (TPSA) is 57.5 Å². The number of thioether (sulfide) groups is 1. The molecule has 0 fully saturated rings. The van der Waals surface area contributed by atoms with E-state index in [9.17, 15) is 15.0 Å². The van der Waals surface area contributed by atoms with E-state index in [-0.39, 0.29) is 5.12 Å². The Morgan fingerprint density at radius 1 is 1.37 bits per heavy atom. The lowest BCUT2D eigenvalue weighted by Gasteiger charge is -2.15. The number of benzene rings is 1. The Labute approximate surface area is 120 Å². The highest BCUT2D eigenvalue weighted by Crippen LogP contribution is 2.32. The SMILES string of the molecule is CC(=O)SCCC(O)C(O)c1cc2ccccc2s1. The van der Waals surface area contributed by atoms with Crippen molar-refractivity contribution >= 4 is 38.3 Å². The first-order valence-corrected chi connectivity index (χ1v) is 7.86. The number of carbonyl (C=O) groups is 1. The van der Waals surface area contributed by atoms with Crippen LogP contribution in [-0.2, 0) is 4.79 Å². The number of fused-ring (bicyclic) bond motifs is 1. The van der Waals surface area contributed by atoms with Crippen LogP contribution in [0, 0.1) is 0 Å². The minimum atomic E-state index is -0.884. The summed E-state index contributed by atoms with van der Waals surface area (Å²) in [5.41, 5.74) is 0. The smallest absolute Gasteiger partial charge is 0.185 e. The van der Waals surface area contributed by atoms with Gasteiger partial charge in [0.25, 0.3) is 0 Å². The van der Waals surface area contributed by atoms with Gasteiger partial charge in [0.1, 0.15) is 6.10 Å². The normalized spacial score (nSPS) is 14.5. The average Bonchev–Trinajstić information content (AvgIpc) is 2.80. The maximum Gasteiger partial charge on any atom is 0.185 e. The first-order valence-electron chi connectivity index (χ1n) is 6.06. The highest BCUT2D eigenvalue weighted by atomic mass is 32.2. The quantitative estimate of drug-likeness (QED) is 0.890. The Morgan fingerprint density at radius 2 is 2.11 bits per heavy atom. The fourth-order valence-corrected chi connectivity index (χ4v) is 3.57. The van der Waals surface area contributed by atoms with Crippen LogP contribution < -0.4 is 0 Å². The molecule has 0 aliphatic heterocycles. The monoisotopic (exact) mass is 296 g/mol. The molecule has 3 nitrogen and oxygen atoms in total. The van der Waals surface area contributed by atoms with Gasteiger partial charge in [0.15, 0.2) is 5.12 Å². The molecule has 0 spiro atoms. The Hall–Kier alpha value is -0.880. The van der Waals surface area contributed by atoms with Gasteiger partial charge in [-0.1, -0.05) is 30.0 Å². The maximum atomic E-state index is 10.8. The molecule has 2 unspecified atom stereocenters. The lowest BCUT2D eigenvalue weighted by Crippen LogP contribution is -2.18. The van der Waals surface area contributed by atoms with Gasteiger partial charge in [-0.15, -0.1) is 11.3 Å². The van der Waals surface area contributed by atoms with E-state index in [1.165, 1.54) is 30.0 Å². The number of hydrogen-bond acceptors (Lipinski definition) is 5. The van der Waals surface area contributed by atoms with E-state index in [4.69, 9.17) is 0 Å². The molecule has 1 heterocycles. The van der Waals surface area contributed by atoms with Crippen LogP contribution in [0.25, 0.3) is 10.1 Å². The van der Waals surface area contributed by atoms with Crippen LogP contribution in [-0.4, -0.2) is 27.2 Å². The molecule has 0 bridgehead atoms. The molecule has 1 aromatic heterocycles. The third-order valence-electron chi connectivity index (χ3n) is 2.82. The zero-order valence-corrected chi connectivity index (χ0v) is 12.2. The van der Waals surface area contributed by atoms with Crippen LogP contribution in [0.2, 0.25) is 0 Å².